The normalized spacial score (nSPS) is 19.3. The Bertz CT molecular complexity index is 436. The second-order valence-electron chi connectivity index (χ2n) is 5.74. The number of nitrogens with zero attached hydrogens (tertiary/aromatic N) is 1. The van der Waals surface area contributed by atoms with Gasteiger partial charge in [0.05, 0.1) is 0 Å². The quantitative estimate of drug-likeness (QED) is 0.904. The highest BCUT2D eigenvalue weighted by Crippen LogP contribution is 2.28. The van der Waals surface area contributed by atoms with E-state index in [4.69, 9.17) is 5.73 Å². The summed E-state index contributed by atoms with van der Waals surface area (Å²) in [6, 6.07) is 9.18. The van der Waals surface area contributed by atoms with Crippen LogP contribution in [0, 0.1) is 12.8 Å². The summed E-state index contributed by atoms with van der Waals surface area (Å²) in [5.41, 5.74) is 7.97. The minimum Gasteiger partial charge on any atom is -0.370 e. The molecule has 0 spiro atoms. The fraction of sp³-hybridized carbons (Fsp3) is 0.562. The fourth-order valence-corrected chi connectivity index (χ4v) is 2.97. The monoisotopic (exact) mass is 260 g/mol. The van der Waals surface area contributed by atoms with Gasteiger partial charge in [-0.05, 0) is 51.3 Å². The summed E-state index contributed by atoms with van der Waals surface area (Å²) in [4.78, 5) is 13.5. The van der Waals surface area contributed by atoms with Crippen LogP contribution >= 0.6 is 0 Å². The van der Waals surface area contributed by atoms with Crippen molar-refractivity contribution in [1.82, 2.24) is 4.90 Å². The molecule has 2 rings (SSSR count). The van der Waals surface area contributed by atoms with Gasteiger partial charge in [0.15, 0.2) is 0 Å². The Balaban J connectivity index is 1.92. The Kier molecular flexibility index (Phi) is 4.59. The van der Waals surface area contributed by atoms with Gasteiger partial charge in [0.1, 0.15) is 0 Å². The summed E-state index contributed by atoms with van der Waals surface area (Å²) in [5, 5.41) is 0. The highest BCUT2D eigenvalue weighted by atomic mass is 16.1. The average molecular weight is 260 g/mol. The molecule has 0 bridgehead atoms. The largest absolute Gasteiger partial charge is 0.370 e. The standard InChI is InChI=1S/C16H24N2O/c1-12-4-3-5-15(10-12)13(2)18-8-6-14(7-9-18)11-16(17)19/h3-5,10,13-14H,6-9,11H2,1-2H3,(H2,17,19)/t13-/m0/s1. The van der Waals surface area contributed by atoms with Gasteiger partial charge in [0, 0.05) is 12.5 Å². The van der Waals surface area contributed by atoms with Crippen molar-refractivity contribution >= 4 is 5.91 Å². The molecule has 1 heterocycles. The lowest BCUT2D eigenvalue weighted by Crippen LogP contribution is -2.36. The summed E-state index contributed by atoms with van der Waals surface area (Å²) in [7, 11) is 0. The molecule has 3 heteroatoms. The van der Waals surface area contributed by atoms with Gasteiger partial charge in [-0.1, -0.05) is 29.8 Å². The van der Waals surface area contributed by atoms with Gasteiger partial charge in [-0.2, -0.15) is 0 Å². The zero-order valence-electron chi connectivity index (χ0n) is 11.9. The third-order valence-corrected chi connectivity index (χ3v) is 4.21. The Morgan fingerprint density at radius 1 is 1.42 bits per heavy atom. The van der Waals surface area contributed by atoms with Crippen molar-refractivity contribution in [3.05, 3.63) is 35.4 Å². The first-order chi connectivity index (χ1) is 9.06. The lowest BCUT2D eigenvalue weighted by atomic mass is 9.91. The first-order valence-corrected chi connectivity index (χ1v) is 7.15. The molecule has 1 aliphatic heterocycles. The predicted octanol–water partition coefficient (Wildman–Crippen LogP) is 2.64. The minimum absolute atomic E-state index is 0.162. The molecule has 1 aliphatic rings. The molecule has 104 valence electrons. The first-order valence-electron chi connectivity index (χ1n) is 7.15. The van der Waals surface area contributed by atoms with Crippen LogP contribution in [-0.2, 0) is 4.79 Å². The van der Waals surface area contributed by atoms with Crippen LogP contribution in [0.15, 0.2) is 24.3 Å². The number of piperidine rings is 1. The summed E-state index contributed by atoms with van der Waals surface area (Å²) >= 11 is 0. The van der Waals surface area contributed by atoms with Crippen LogP contribution < -0.4 is 5.73 Å². The number of primary amides is 1. The smallest absolute Gasteiger partial charge is 0.217 e. The van der Waals surface area contributed by atoms with Crippen molar-refractivity contribution in [2.75, 3.05) is 13.1 Å². The number of benzene rings is 1. The van der Waals surface area contributed by atoms with Gasteiger partial charge in [-0.3, -0.25) is 9.69 Å². The molecule has 1 aromatic rings. The molecule has 0 aromatic heterocycles. The van der Waals surface area contributed by atoms with Crippen LogP contribution in [0.5, 0.6) is 0 Å². The average Bonchev–Trinajstić information content (AvgIpc) is 2.38. The molecule has 2 N–H and O–H groups in total. The molecule has 3 nitrogen and oxygen atoms in total. The van der Waals surface area contributed by atoms with Crippen LogP contribution in [0.4, 0.5) is 0 Å². The molecule has 1 atom stereocenters. The zero-order valence-corrected chi connectivity index (χ0v) is 11.9. The van der Waals surface area contributed by atoms with Crippen molar-refractivity contribution in [3.8, 4) is 0 Å². The Labute approximate surface area is 115 Å². The molecule has 0 aliphatic carbocycles. The number of aryl methyl sites for hydroxylation is 1. The number of hydrogen-bond donors (Lipinski definition) is 1. The molecule has 0 radical (unpaired) electrons. The van der Waals surface area contributed by atoms with E-state index in [-0.39, 0.29) is 5.91 Å². The highest BCUT2D eigenvalue weighted by Gasteiger charge is 2.24. The molecule has 0 unspecified atom stereocenters. The van der Waals surface area contributed by atoms with E-state index in [1.807, 2.05) is 0 Å². The summed E-state index contributed by atoms with van der Waals surface area (Å²) in [6.07, 6.45) is 2.71. The second-order valence-corrected chi connectivity index (χ2v) is 5.74. The van der Waals surface area contributed by atoms with Gasteiger partial charge in [0.2, 0.25) is 5.91 Å². The molecule has 19 heavy (non-hydrogen) atoms. The first kappa shape index (κ1) is 14.1. The van der Waals surface area contributed by atoms with E-state index in [1.165, 1.54) is 11.1 Å². The maximum absolute atomic E-state index is 11.0. The van der Waals surface area contributed by atoms with Crippen LogP contribution in [0.3, 0.4) is 0 Å². The third-order valence-electron chi connectivity index (χ3n) is 4.21. The number of carbonyl (C=O) groups is 1. The van der Waals surface area contributed by atoms with Crippen molar-refractivity contribution in [3.63, 3.8) is 0 Å². The van der Waals surface area contributed by atoms with E-state index in [1.54, 1.807) is 0 Å². The van der Waals surface area contributed by atoms with Crippen LogP contribution in [0.25, 0.3) is 0 Å². The van der Waals surface area contributed by atoms with E-state index >= 15 is 0 Å². The van der Waals surface area contributed by atoms with Crippen LogP contribution in [-0.4, -0.2) is 23.9 Å². The maximum atomic E-state index is 11.0. The van der Waals surface area contributed by atoms with Crippen molar-refractivity contribution in [1.29, 1.82) is 0 Å². The van der Waals surface area contributed by atoms with Crippen LogP contribution in [0.2, 0.25) is 0 Å². The Morgan fingerprint density at radius 3 is 2.68 bits per heavy atom. The number of likely N-dealkylation sites (tertiary alicyclic amines) is 1. The molecule has 1 fully saturated rings. The molecule has 0 saturated carbocycles. The lowest BCUT2D eigenvalue weighted by molar-refractivity contribution is -0.119. The third kappa shape index (κ3) is 3.80. The minimum atomic E-state index is -0.162. The van der Waals surface area contributed by atoms with E-state index in [0.717, 1.165) is 25.9 Å². The molecular weight excluding hydrogens is 236 g/mol. The number of hydrogen-bond acceptors (Lipinski definition) is 2. The van der Waals surface area contributed by atoms with Crippen molar-refractivity contribution < 1.29 is 4.79 Å². The number of amides is 1. The second kappa shape index (κ2) is 6.20. The molecule has 1 aromatic carbocycles. The van der Waals surface area contributed by atoms with E-state index in [0.29, 0.717) is 18.4 Å². The summed E-state index contributed by atoms with van der Waals surface area (Å²) in [6.45, 7) is 6.53. The van der Waals surface area contributed by atoms with Crippen LogP contribution in [0.1, 0.15) is 43.4 Å². The molecule has 1 saturated heterocycles. The van der Waals surface area contributed by atoms with E-state index in [2.05, 4.69) is 43.0 Å². The summed E-state index contributed by atoms with van der Waals surface area (Å²) in [5.74, 6) is 0.323. The number of rotatable bonds is 4. The highest BCUT2D eigenvalue weighted by molar-refractivity contribution is 5.73. The topological polar surface area (TPSA) is 46.3 Å². The molecular formula is C16H24N2O. The summed E-state index contributed by atoms with van der Waals surface area (Å²) < 4.78 is 0. The number of carbonyl (C=O) groups excluding carboxylic acids is 1. The van der Waals surface area contributed by atoms with Gasteiger partial charge < -0.3 is 5.73 Å². The van der Waals surface area contributed by atoms with Gasteiger partial charge in [-0.15, -0.1) is 0 Å². The SMILES string of the molecule is Cc1cccc([C@H](C)N2CCC(CC(N)=O)CC2)c1. The van der Waals surface area contributed by atoms with Gasteiger partial charge in [-0.25, -0.2) is 0 Å². The predicted molar refractivity (Wildman–Crippen MR) is 77.7 cm³/mol. The molecule has 1 amide bonds. The van der Waals surface area contributed by atoms with E-state index in [9.17, 15) is 4.79 Å². The number of nitrogens with two attached hydrogens (primary N) is 1. The maximum Gasteiger partial charge on any atom is 0.217 e. The zero-order chi connectivity index (χ0) is 13.8. The van der Waals surface area contributed by atoms with E-state index < -0.39 is 0 Å². The van der Waals surface area contributed by atoms with Gasteiger partial charge >= 0.3 is 0 Å². The Morgan fingerprint density at radius 2 is 2.11 bits per heavy atom. The van der Waals surface area contributed by atoms with Gasteiger partial charge in [0.25, 0.3) is 0 Å². The van der Waals surface area contributed by atoms with Crippen molar-refractivity contribution in [2.45, 2.75) is 39.2 Å². The van der Waals surface area contributed by atoms with Crippen molar-refractivity contribution in [2.24, 2.45) is 11.7 Å². The lowest BCUT2D eigenvalue weighted by Gasteiger charge is -2.36. The Hall–Kier alpha value is -1.35. The fourth-order valence-electron chi connectivity index (χ4n) is 2.97.